The molecule has 0 aromatic heterocycles. The van der Waals surface area contributed by atoms with Crippen molar-refractivity contribution in [2.75, 3.05) is 0 Å². The molecule has 0 spiro atoms. The van der Waals surface area contributed by atoms with Gasteiger partial charge < -0.3 is 4.74 Å². The molecule has 1 amide bonds. The Balaban J connectivity index is 4.10. The number of amides is 1. The van der Waals surface area contributed by atoms with E-state index < -0.39 is 21.6 Å². The zero-order valence-electron chi connectivity index (χ0n) is 7.54. The Bertz CT molecular complexity index is 266. The molecule has 0 fully saturated rings. The van der Waals surface area contributed by atoms with Crippen LogP contribution in [0.2, 0.25) is 0 Å². The maximum absolute atomic E-state index is 10.8. The largest absolute Gasteiger partial charge is 0.443 e. The summed E-state index contributed by atoms with van der Waals surface area (Å²) in [7, 11) is -2.63. The number of ether oxygens (including phenoxy) is 1. The van der Waals surface area contributed by atoms with E-state index in [-0.39, 0.29) is 0 Å². The lowest BCUT2D eigenvalue weighted by molar-refractivity contribution is 0.0571. The van der Waals surface area contributed by atoms with Gasteiger partial charge in [-0.05, 0) is 20.8 Å². The number of carbonyl (C=O) groups is 1. The van der Waals surface area contributed by atoms with Crippen LogP contribution in [0.25, 0.3) is 0 Å². The molecule has 7 heteroatoms. The fourth-order valence-corrected chi connectivity index (χ4v) is 0.795. The Morgan fingerprint density at radius 1 is 1.42 bits per heavy atom. The van der Waals surface area contributed by atoms with Crippen molar-refractivity contribution in [3.05, 3.63) is 0 Å². The molecule has 0 aliphatic heterocycles. The second kappa shape index (κ2) is 3.34. The van der Waals surface area contributed by atoms with E-state index in [0.717, 1.165) is 7.12 Å². The minimum Gasteiger partial charge on any atom is -0.443 e. The SMILES string of the molecule is BS(=O)(=O)NC(=O)OC(C)(C)C. The summed E-state index contributed by atoms with van der Waals surface area (Å²) in [6.07, 6.45) is -0.954. The van der Waals surface area contributed by atoms with Crippen LogP contribution in [0, 0.1) is 0 Å². The summed E-state index contributed by atoms with van der Waals surface area (Å²) < 4.78 is 27.4. The smallest absolute Gasteiger partial charge is 0.420 e. The molecule has 0 saturated heterocycles. The maximum atomic E-state index is 10.8. The molecule has 0 heterocycles. The first-order valence-electron chi connectivity index (χ1n) is 3.31. The van der Waals surface area contributed by atoms with Gasteiger partial charge in [0.2, 0.25) is 0 Å². The lowest BCUT2D eigenvalue weighted by Crippen LogP contribution is -2.36. The van der Waals surface area contributed by atoms with Gasteiger partial charge in [-0.15, -0.1) is 0 Å². The van der Waals surface area contributed by atoms with E-state index in [4.69, 9.17) is 0 Å². The van der Waals surface area contributed by atoms with Crippen LogP contribution >= 0.6 is 0 Å². The standard InChI is InChI=1S/C5H12BNO4S/c1-5(2,3)11-4(8)7-12(6,9)10/h6H2,1-3H3,(H,7,8). The molecular weight excluding hydrogens is 181 g/mol. The summed E-state index contributed by atoms with van der Waals surface area (Å²) in [5, 5.41) is 0. The van der Waals surface area contributed by atoms with Gasteiger partial charge in [-0.2, -0.15) is 0 Å². The van der Waals surface area contributed by atoms with Crippen molar-refractivity contribution < 1.29 is 17.9 Å². The second-order valence-corrected chi connectivity index (χ2v) is 5.12. The van der Waals surface area contributed by atoms with Crippen LogP contribution in [0.1, 0.15) is 20.8 Å². The monoisotopic (exact) mass is 193 g/mol. The minimum absolute atomic E-state index is 0.686. The van der Waals surface area contributed by atoms with Crippen LogP contribution in [0.4, 0.5) is 4.79 Å². The highest BCUT2D eigenvalue weighted by Crippen LogP contribution is 2.06. The Labute approximate surface area is 72.8 Å². The first-order valence-corrected chi connectivity index (χ1v) is 5.20. The fraction of sp³-hybridized carbons (Fsp3) is 0.800. The average Bonchev–Trinajstić information content (AvgIpc) is 1.49. The van der Waals surface area contributed by atoms with Crippen LogP contribution in [0.5, 0.6) is 0 Å². The molecule has 0 rings (SSSR count). The number of hydrogen-bond donors (Lipinski definition) is 1. The average molecular weight is 193 g/mol. The van der Waals surface area contributed by atoms with E-state index in [1.807, 2.05) is 0 Å². The summed E-state index contributed by atoms with van der Waals surface area (Å²) in [5.41, 5.74) is -0.686. The lowest BCUT2D eigenvalue weighted by Gasteiger charge is -2.19. The summed E-state index contributed by atoms with van der Waals surface area (Å²) in [4.78, 5) is 10.8. The van der Waals surface area contributed by atoms with E-state index in [0.29, 0.717) is 0 Å². The Kier molecular flexibility index (Phi) is 3.14. The molecule has 0 aliphatic rings. The van der Waals surface area contributed by atoms with Crippen molar-refractivity contribution in [1.82, 2.24) is 4.72 Å². The van der Waals surface area contributed by atoms with Crippen molar-refractivity contribution >= 4 is 23.1 Å². The van der Waals surface area contributed by atoms with E-state index in [9.17, 15) is 13.2 Å². The molecule has 0 radical (unpaired) electrons. The topological polar surface area (TPSA) is 72.5 Å². The van der Waals surface area contributed by atoms with Crippen molar-refractivity contribution in [3.8, 4) is 0 Å². The Hall–Kier alpha value is -0.715. The molecule has 12 heavy (non-hydrogen) atoms. The highest BCUT2D eigenvalue weighted by molar-refractivity contribution is 8.11. The van der Waals surface area contributed by atoms with Gasteiger partial charge in [0.15, 0.2) is 9.87 Å². The molecular formula is C5H12BNO4S. The van der Waals surface area contributed by atoms with Gasteiger partial charge in [0.25, 0.3) is 7.12 Å². The summed E-state index contributed by atoms with van der Waals surface area (Å²) >= 11 is 0. The quantitative estimate of drug-likeness (QED) is 0.563. The molecule has 0 bridgehead atoms. The van der Waals surface area contributed by atoms with Gasteiger partial charge in [-0.25, -0.2) is 17.9 Å². The van der Waals surface area contributed by atoms with Gasteiger partial charge in [0.1, 0.15) is 5.60 Å². The third-order valence-electron chi connectivity index (χ3n) is 0.668. The summed E-state index contributed by atoms with van der Waals surface area (Å²) in [6, 6.07) is 0. The van der Waals surface area contributed by atoms with Gasteiger partial charge in [-0.1, -0.05) is 0 Å². The van der Waals surface area contributed by atoms with E-state index >= 15 is 0 Å². The van der Waals surface area contributed by atoms with E-state index in [1.54, 1.807) is 25.5 Å². The molecule has 0 aliphatic carbocycles. The third-order valence-corrected chi connectivity index (χ3v) is 1.21. The number of nitrogens with one attached hydrogen (secondary N) is 1. The van der Waals surface area contributed by atoms with Crippen LogP contribution in [0.3, 0.4) is 0 Å². The predicted octanol–water partition coefficient (Wildman–Crippen LogP) is -0.611. The molecule has 0 unspecified atom stereocenters. The molecule has 1 N–H and O–H groups in total. The van der Waals surface area contributed by atoms with Crippen LogP contribution in [-0.4, -0.2) is 27.2 Å². The first-order chi connectivity index (χ1) is 5.10. The van der Waals surface area contributed by atoms with Crippen molar-refractivity contribution in [3.63, 3.8) is 0 Å². The van der Waals surface area contributed by atoms with Crippen LogP contribution in [-0.2, 0) is 14.6 Å². The third kappa shape index (κ3) is 7.39. The highest BCUT2D eigenvalue weighted by atomic mass is 32.2. The summed E-state index contributed by atoms with van der Waals surface area (Å²) in [6.45, 7) is 4.94. The zero-order chi connectivity index (χ0) is 9.99. The lowest BCUT2D eigenvalue weighted by atomic mass is 10.2. The van der Waals surface area contributed by atoms with Crippen molar-refractivity contribution in [2.24, 2.45) is 0 Å². The fourth-order valence-electron chi connectivity index (χ4n) is 0.450. The second-order valence-electron chi connectivity index (χ2n) is 3.38. The number of hydrogen-bond acceptors (Lipinski definition) is 4. The van der Waals surface area contributed by atoms with Gasteiger partial charge in [-0.3, -0.25) is 0 Å². The zero-order valence-corrected chi connectivity index (χ0v) is 8.36. The van der Waals surface area contributed by atoms with Crippen molar-refractivity contribution in [2.45, 2.75) is 26.4 Å². The molecule has 0 saturated carbocycles. The normalized spacial score (nSPS) is 12.2. The van der Waals surface area contributed by atoms with Gasteiger partial charge in [0, 0.05) is 0 Å². The molecule has 0 atom stereocenters. The maximum Gasteiger partial charge on any atom is 0.420 e. The molecule has 5 nitrogen and oxygen atoms in total. The van der Waals surface area contributed by atoms with E-state index in [2.05, 4.69) is 4.74 Å². The number of carbonyl (C=O) groups excluding carboxylic acids is 1. The summed E-state index contributed by atoms with van der Waals surface area (Å²) in [5.74, 6) is 0. The van der Waals surface area contributed by atoms with Gasteiger partial charge >= 0.3 is 6.09 Å². The minimum atomic E-state index is -3.52. The van der Waals surface area contributed by atoms with Gasteiger partial charge in [0.05, 0.1) is 0 Å². The van der Waals surface area contributed by atoms with Crippen LogP contribution < -0.4 is 4.72 Å². The Morgan fingerprint density at radius 3 is 2.08 bits per heavy atom. The Morgan fingerprint density at radius 2 is 1.83 bits per heavy atom. The molecule has 70 valence electrons. The predicted molar refractivity (Wildman–Crippen MR) is 46.8 cm³/mol. The molecule has 0 aromatic rings. The molecule has 0 aromatic carbocycles. The van der Waals surface area contributed by atoms with E-state index in [1.165, 1.54) is 0 Å². The number of rotatable bonds is 1. The first kappa shape index (κ1) is 11.3. The van der Waals surface area contributed by atoms with Crippen LogP contribution in [0.15, 0.2) is 0 Å². The highest BCUT2D eigenvalue weighted by Gasteiger charge is 2.18. The van der Waals surface area contributed by atoms with Crippen molar-refractivity contribution in [1.29, 1.82) is 0 Å².